The summed E-state index contributed by atoms with van der Waals surface area (Å²) in [4.78, 5) is 37.1. The molecule has 7 atom stereocenters. The van der Waals surface area contributed by atoms with Crippen molar-refractivity contribution in [3.05, 3.63) is 95.1 Å². The van der Waals surface area contributed by atoms with Crippen LogP contribution in [0.2, 0.25) is 0 Å². The topological polar surface area (TPSA) is 89.9 Å². The molecule has 0 aromatic heterocycles. The molecule has 0 bridgehead atoms. The van der Waals surface area contributed by atoms with E-state index in [1.165, 1.54) is 17.7 Å². The third-order valence-corrected chi connectivity index (χ3v) is 8.74. The van der Waals surface area contributed by atoms with E-state index < -0.39 is 18.0 Å². The lowest BCUT2D eigenvalue weighted by atomic mass is 9.83. The molecule has 1 aromatic rings. The fourth-order valence-corrected chi connectivity index (χ4v) is 5.88. The van der Waals surface area contributed by atoms with Gasteiger partial charge in [-0.05, 0) is 63.4 Å². The average molecular weight is 633 g/mol. The second kappa shape index (κ2) is 19.9. The number of allylic oxidation sites excluding steroid dienone is 7. The fourth-order valence-electron chi connectivity index (χ4n) is 5.88. The standard InChI is InChI=1S/C40H56O6/c1-9-34(19-20-36-30(5)18-21-37(41)46-36)24-28(3)15-13-14-27(2)22-31(6)39(43)33(8)40(44)32(7)23-29(4)25-38(42)45-26-35-16-11-10-12-17-35/h10-14,16-18,21-22,24-25,28,30-33,36,40,44H,9,15,19-20,23,26H2,1-8H3/b14-13+,27-22+,29-25+,34-24-/t28-,30+,31-,32+,33-,36+,40-/m1/s1. The normalized spacial score (nSPS) is 21.0. The molecule has 252 valence electrons. The van der Waals surface area contributed by atoms with Gasteiger partial charge in [-0.2, -0.15) is 0 Å². The molecular weight excluding hydrogens is 576 g/mol. The van der Waals surface area contributed by atoms with Crippen molar-refractivity contribution in [3.8, 4) is 0 Å². The SMILES string of the molecule is CC/C(=C/[C@H](C)C/C=C/C(C)=C/[C@@H](C)C(=O)[C@@H](C)[C@H](O)[C@@H](C)C/C(C)=C/C(=O)OCc1ccccc1)CC[C@@H]1OC(=O)C=C[C@@H]1C. The molecule has 0 unspecified atom stereocenters. The number of esters is 2. The van der Waals surface area contributed by atoms with Crippen LogP contribution in [0, 0.1) is 29.6 Å². The van der Waals surface area contributed by atoms with Gasteiger partial charge < -0.3 is 14.6 Å². The molecule has 1 aliphatic heterocycles. The molecule has 1 aromatic carbocycles. The first kappa shape index (κ1) is 38.7. The van der Waals surface area contributed by atoms with E-state index >= 15 is 0 Å². The monoisotopic (exact) mass is 632 g/mol. The maximum Gasteiger partial charge on any atom is 0.331 e. The van der Waals surface area contributed by atoms with Gasteiger partial charge in [0.05, 0.1) is 6.10 Å². The van der Waals surface area contributed by atoms with E-state index in [0.717, 1.165) is 42.4 Å². The number of hydrogen-bond donors (Lipinski definition) is 1. The van der Waals surface area contributed by atoms with E-state index in [1.54, 1.807) is 6.92 Å². The Labute approximate surface area is 277 Å². The van der Waals surface area contributed by atoms with Crippen LogP contribution in [0.1, 0.15) is 93.1 Å². The number of rotatable bonds is 18. The van der Waals surface area contributed by atoms with Gasteiger partial charge in [0, 0.05) is 29.9 Å². The Bertz CT molecular complexity index is 1280. The van der Waals surface area contributed by atoms with E-state index in [0.29, 0.717) is 12.3 Å². The summed E-state index contributed by atoms with van der Waals surface area (Å²) in [6, 6.07) is 9.51. The smallest absolute Gasteiger partial charge is 0.331 e. The summed E-state index contributed by atoms with van der Waals surface area (Å²) in [7, 11) is 0. The Kier molecular flexibility index (Phi) is 16.7. The van der Waals surface area contributed by atoms with Crippen molar-refractivity contribution in [3.63, 3.8) is 0 Å². The lowest BCUT2D eigenvalue weighted by molar-refractivity contribution is -0.146. The van der Waals surface area contributed by atoms with Crippen molar-refractivity contribution >= 4 is 17.7 Å². The third-order valence-electron chi connectivity index (χ3n) is 8.74. The molecule has 1 heterocycles. The first-order valence-corrected chi connectivity index (χ1v) is 16.8. The highest BCUT2D eigenvalue weighted by Gasteiger charge is 2.29. The second-order valence-corrected chi connectivity index (χ2v) is 13.2. The second-order valence-electron chi connectivity index (χ2n) is 13.2. The van der Waals surface area contributed by atoms with Crippen molar-refractivity contribution in [1.29, 1.82) is 0 Å². The molecular formula is C40H56O6. The van der Waals surface area contributed by atoms with Gasteiger partial charge in [0.1, 0.15) is 18.5 Å². The summed E-state index contributed by atoms with van der Waals surface area (Å²) < 4.78 is 10.8. The van der Waals surface area contributed by atoms with Gasteiger partial charge in [-0.25, -0.2) is 9.59 Å². The number of Topliss-reactive ketones (excluding diaryl/α,β-unsaturated/α-hetero) is 1. The van der Waals surface area contributed by atoms with Gasteiger partial charge >= 0.3 is 11.9 Å². The maximum absolute atomic E-state index is 13.2. The fraction of sp³-hybridized carbons (Fsp3) is 0.525. The number of carbonyl (C=O) groups is 3. The van der Waals surface area contributed by atoms with E-state index in [2.05, 4.69) is 39.0 Å². The minimum atomic E-state index is -0.826. The molecule has 0 saturated heterocycles. The lowest BCUT2D eigenvalue weighted by Gasteiger charge is -2.25. The van der Waals surface area contributed by atoms with E-state index in [4.69, 9.17) is 9.47 Å². The Morgan fingerprint density at radius 2 is 1.76 bits per heavy atom. The molecule has 0 amide bonds. The van der Waals surface area contributed by atoms with Gasteiger partial charge in [0.15, 0.2) is 0 Å². The zero-order chi connectivity index (χ0) is 34.2. The first-order chi connectivity index (χ1) is 21.8. The zero-order valence-corrected chi connectivity index (χ0v) is 29.2. The number of ketones is 1. The molecule has 1 aliphatic rings. The Morgan fingerprint density at radius 1 is 1.07 bits per heavy atom. The number of ether oxygens (including phenoxy) is 2. The summed E-state index contributed by atoms with van der Waals surface area (Å²) in [6.45, 7) is 16.0. The summed E-state index contributed by atoms with van der Waals surface area (Å²) in [5.74, 6) is -1.13. The minimum Gasteiger partial charge on any atom is -0.459 e. The van der Waals surface area contributed by atoms with Crippen LogP contribution in [0.15, 0.2) is 89.6 Å². The predicted octanol–water partition coefficient (Wildman–Crippen LogP) is 8.67. The van der Waals surface area contributed by atoms with Crippen molar-refractivity contribution in [2.24, 2.45) is 29.6 Å². The Balaban J connectivity index is 1.83. The molecule has 0 aliphatic carbocycles. The number of hydrogen-bond acceptors (Lipinski definition) is 6. The molecule has 2 rings (SSSR count). The molecule has 6 nitrogen and oxygen atoms in total. The zero-order valence-electron chi connectivity index (χ0n) is 29.2. The van der Waals surface area contributed by atoms with Crippen LogP contribution in [0.25, 0.3) is 0 Å². The summed E-state index contributed by atoms with van der Waals surface area (Å²) in [5, 5.41) is 11.0. The van der Waals surface area contributed by atoms with Gasteiger partial charge in [-0.3, -0.25) is 4.79 Å². The number of cyclic esters (lactones) is 1. The molecule has 0 saturated carbocycles. The van der Waals surface area contributed by atoms with Crippen LogP contribution >= 0.6 is 0 Å². The predicted molar refractivity (Wildman–Crippen MR) is 186 cm³/mol. The lowest BCUT2D eigenvalue weighted by Crippen LogP contribution is -2.34. The number of aliphatic hydroxyl groups is 1. The van der Waals surface area contributed by atoms with Crippen LogP contribution in [-0.4, -0.2) is 35.0 Å². The number of carbonyl (C=O) groups excluding carboxylic acids is 3. The highest BCUT2D eigenvalue weighted by atomic mass is 16.5. The van der Waals surface area contributed by atoms with Crippen molar-refractivity contribution in [2.45, 2.75) is 106 Å². The summed E-state index contributed by atoms with van der Waals surface area (Å²) in [6.07, 6.45) is 16.6. The summed E-state index contributed by atoms with van der Waals surface area (Å²) in [5.41, 5.74) is 4.11. The third kappa shape index (κ3) is 13.9. The Hall–Kier alpha value is -3.51. The van der Waals surface area contributed by atoms with Crippen LogP contribution in [0.4, 0.5) is 0 Å². The van der Waals surface area contributed by atoms with E-state index in [-0.39, 0.29) is 42.2 Å². The average Bonchev–Trinajstić information content (AvgIpc) is 3.02. The van der Waals surface area contributed by atoms with Crippen LogP contribution < -0.4 is 0 Å². The van der Waals surface area contributed by atoms with E-state index in [9.17, 15) is 19.5 Å². The molecule has 46 heavy (non-hydrogen) atoms. The van der Waals surface area contributed by atoms with Gasteiger partial charge in [-0.1, -0.05) is 119 Å². The van der Waals surface area contributed by atoms with Gasteiger partial charge in [-0.15, -0.1) is 0 Å². The molecule has 1 N–H and O–H groups in total. The number of benzene rings is 1. The van der Waals surface area contributed by atoms with Crippen molar-refractivity contribution in [1.82, 2.24) is 0 Å². The first-order valence-electron chi connectivity index (χ1n) is 16.8. The molecule has 6 heteroatoms. The van der Waals surface area contributed by atoms with Gasteiger partial charge in [0.25, 0.3) is 0 Å². The molecule has 0 fully saturated rings. The van der Waals surface area contributed by atoms with Crippen LogP contribution in [0.5, 0.6) is 0 Å². The Morgan fingerprint density at radius 3 is 2.43 bits per heavy atom. The minimum absolute atomic E-state index is 0.00616. The summed E-state index contributed by atoms with van der Waals surface area (Å²) >= 11 is 0. The van der Waals surface area contributed by atoms with Crippen molar-refractivity contribution < 1.29 is 29.0 Å². The maximum atomic E-state index is 13.2. The largest absolute Gasteiger partial charge is 0.459 e. The highest BCUT2D eigenvalue weighted by Crippen LogP contribution is 2.25. The number of aliphatic hydroxyl groups excluding tert-OH is 1. The van der Waals surface area contributed by atoms with Crippen LogP contribution in [0.3, 0.4) is 0 Å². The molecule has 0 spiro atoms. The molecule has 0 radical (unpaired) electrons. The van der Waals surface area contributed by atoms with E-state index in [1.807, 2.05) is 70.2 Å². The highest BCUT2D eigenvalue weighted by molar-refractivity contribution is 5.85. The van der Waals surface area contributed by atoms with Crippen molar-refractivity contribution in [2.75, 3.05) is 0 Å². The quantitative estimate of drug-likeness (QED) is 0.0754. The van der Waals surface area contributed by atoms with Crippen LogP contribution in [-0.2, 0) is 30.5 Å². The van der Waals surface area contributed by atoms with Gasteiger partial charge in [0.2, 0.25) is 0 Å².